The molecule has 0 atom stereocenters. The second-order valence-corrected chi connectivity index (χ2v) is 4.17. The fraction of sp³-hybridized carbons (Fsp3) is 0. The zero-order chi connectivity index (χ0) is 8.43. The molecule has 1 rings (SSSR count). The predicted molar refractivity (Wildman–Crippen MR) is 61.3 cm³/mol. The molecular weight excluding hydrogens is 212 g/mol. The summed E-state index contributed by atoms with van der Waals surface area (Å²) in [4.78, 5) is 1.65. The fourth-order valence-electron chi connectivity index (χ4n) is 0.712. The molecule has 0 aromatic heterocycles. The highest BCUT2D eigenvalue weighted by molar-refractivity contribution is 8.03. The lowest BCUT2D eigenvalue weighted by Crippen LogP contribution is -1.85. The zero-order valence-corrected chi connectivity index (χ0v) is 9.10. The highest BCUT2D eigenvalue weighted by Gasteiger charge is 2.07. The number of hydrogen-bond donors (Lipinski definition) is 4. The van der Waals surface area contributed by atoms with Crippen LogP contribution in [0, 0.1) is 4.58 Å². The molecule has 1 radical (unpaired) electrons. The molecule has 1 aromatic rings. The van der Waals surface area contributed by atoms with Gasteiger partial charge in [0.25, 0.3) is 0 Å². The Bertz CT molecular complexity index is 257. The molecule has 11 heavy (non-hydrogen) atoms. The van der Waals surface area contributed by atoms with E-state index in [4.69, 9.17) is 0 Å². The summed E-state index contributed by atoms with van der Waals surface area (Å²) in [5.74, 6) is 0. The number of benzene rings is 1. The summed E-state index contributed by atoms with van der Waals surface area (Å²) in [6, 6.07) is 5.67. The van der Waals surface area contributed by atoms with Crippen LogP contribution in [0.25, 0.3) is 0 Å². The van der Waals surface area contributed by atoms with Gasteiger partial charge in [0.05, 0.1) is 0 Å². The van der Waals surface area contributed by atoms with Gasteiger partial charge in [-0.3, -0.25) is 0 Å². The normalized spacial score (nSPS) is 10.6. The van der Waals surface area contributed by atoms with Gasteiger partial charge in [-0.05, 0) is 11.6 Å². The first kappa shape index (κ1) is 9.71. The van der Waals surface area contributed by atoms with Crippen LogP contribution < -0.4 is 0 Å². The molecule has 0 fully saturated rings. The van der Waals surface area contributed by atoms with Crippen molar-refractivity contribution >= 4 is 50.5 Å². The van der Waals surface area contributed by atoms with Gasteiger partial charge in [0.2, 0.25) is 0 Å². The average molecular weight is 219 g/mol. The molecule has 59 valence electrons. The Kier molecular flexibility index (Phi) is 3.55. The van der Waals surface area contributed by atoms with Gasteiger partial charge >= 0.3 is 0 Å². The molecule has 0 spiro atoms. The molecule has 0 N–H and O–H groups in total. The molecule has 0 amide bonds. The summed E-state index contributed by atoms with van der Waals surface area (Å²) < 4.78 is 0.658. The summed E-state index contributed by atoms with van der Waals surface area (Å²) in [6.07, 6.45) is 0. The lowest BCUT2D eigenvalue weighted by molar-refractivity contribution is 1.22. The van der Waals surface area contributed by atoms with Gasteiger partial charge in [-0.25, -0.2) is 0 Å². The maximum absolute atomic E-state index is 4.26. The standard InChI is InChI=1S/C7H7S4/c8-5-3-1-2-4(6(5)9)7(10)11/h1-3,8-11H. The second kappa shape index (κ2) is 4.03. The summed E-state index contributed by atoms with van der Waals surface area (Å²) in [5.41, 5.74) is 0.910. The van der Waals surface area contributed by atoms with Crippen molar-refractivity contribution in [3.63, 3.8) is 0 Å². The largest absolute Gasteiger partial charge is 0.154 e. The van der Waals surface area contributed by atoms with E-state index < -0.39 is 0 Å². The first-order valence-corrected chi connectivity index (χ1v) is 4.68. The van der Waals surface area contributed by atoms with Gasteiger partial charge in [-0.15, -0.1) is 25.3 Å². The lowest BCUT2D eigenvalue weighted by atomic mass is 10.2. The minimum Gasteiger partial charge on any atom is -0.154 e. The second-order valence-electron chi connectivity index (χ2n) is 2.00. The van der Waals surface area contributed by atoms with E-state index in [1.165, 1.54) is 0 Å². The summed E-state index contributed by atoms with van der Waals surface area (Å²) >= 11 is 16.7. The van der Waals surface area contributed by atoms with Crippen molar-refractivity contribution < 1.29 is 0 Å². The van der Waals surface area contributed by atoms with Crippen molar-refractivity contribution in [1.82, 2.24) is 0 Å². The maximum Gasteiger partial charge on any atom is 0.109 e. The minimum absolute atomic E-state index is 0.658. The van der Waals surface area contributed by atoms with Crippen LogP contribution in [0.2, 0.25) is 0 Å². The summed E-state index contributed by atoms with van der Waals surface area (Å²) in [7, 11) is 0. The van der Waals surface area contributed by atoms with Crippen molar-refractivity contribution in [2.24, 2.45) is 0 Å². The van der Waals surface area contributed by atoms with Crippen molar-refractivity contribution in [1.29, 1.82) is 0 Å². The van der Waals surface area contributed by atoms with Gasteiger partial charge in [-0.1, -0.05) is 12.1 Å². The monoisotopic (exact) mass is 219 g/mol. The summed E-state index contributed by atoms with van der Waals surface area (Å²) in [6.45, 7) is 0. The number of thiol groups is 4. The SMILES string of the molecule is S[C](S)c1cccc(S)c1S. The van der Waals surface area contributed by atoms with Crippen LogP contribution in [0.1, 0.15) is 5.56 Å². The Morgan fingerprint density at radius 2 is 1.73 bits per heavy atom. The molecule has 0 saturated carbocycles. The molecule has 0 saturated heterocycles. The van der Waals surface area contributed by atoms with Crippen molar-refractivity contribution in [3.8, 4) is 0 Å². The van der Waals surface area contributed by atoms with Crippen LogP contribution in [0.5, 0.6) is 0 Å². The smallest absolute Gasteiger partial charge is 0.109 e. The van der Waals surface area contributed by atoms with Crippen LogP contribution >= 0.6 is 50.5 Å². The molecule has 0 aliphatic heterocycles. The van der Waals surface area contributed by atoms with E-state index in [0.717, 1.165) is 15.4 Å². The molecule has 0 nitrogen and oxygen atoms in total. The van der Waals surface area contributed by atoms with Gasteiger partial charge in [0, 0.05) is 9.79 Å². The van der Waals surface area contributed by atoms with Gasteiger partial charge < -0.3 is 0 Å². The average Bonchev–Trinajstić information content (AvgIpc) is 1.94. The van der Waals surface area contributed by atoms with Gasteiger partial charge in [0.15, 0.2) is 0 Å². The molecule has 0 aliphatic carbocycles. The number of hydrogen-bond acceptors (Lipinski definition) is 4. The van der Waals surface area contributed by atoms with E-state index >= 15 is 0 Å². The highest BCUT2D eigenvalue weighted by Crippen LogP contribution is 2.31. The van der Waals surface area contributed by atoms with E-state index in [-0.39, 0.29) is 0 Å². The van der Waals surface area contributed by atoms with Crippen LogP contribution in [-0.2, 0) is 0 Å². The van der Waals surface area contributed by atoms with Crippen LogP contribution in [0.15, 0.2) is 28.0 Å². The van der Waals surface area contributed by atoms with Crippen molar-refractivity contribution in [2.75, 3.05) is 0 Å². The molecule has 0 heterocycles. The Labute approximate surface area is 88.4 Å². The third-order valence-corrected chi connectivity index (χ3v) is 2.77. The number of rotatable bonds is 1. The third kappa shape index (κ3) is 2.28. The Balaban J connectivity index is 3.17. The maximum atomic E-state index is 4.26. The van der Waals surface area contributed by atoms with E-state index in [2.05, 4.69) is 50.5 Å². The van der Waals surface area contributed by atoms with Crippen LogP contribution in [0.3, 0.4) is 0 Å². The molecular formula is C7H7S4. The fourth-order valence-corrected chi connectivity index (χ4v) is 1.73. The Morgan fingerprint density at radius 1 is 1.09 bits per heavy atom. The van der Waals surface area contributed by atoms with E-state index in [1.54, 1.807) is 0 Å². The molecule has 0 aliphatic rings. The topological polar surface area (TPSA) is 0 Å². The lowest BCUT2D eigenvalue weighted by Gasteiger charge is -2.07. The molecule has 0 bridgehead atoms. The summed E-state index contributed by atoms with van der Waals surface area (Å²) in [5, 5.41) is 0. The van der Waals surface area contributed by atoms with E-state index in [1.807, 2.05) is 18.2 Å². The van der Waals surface area contributed by atoms with Crippen molar-refractivity contribution in [3.05, 3.63) is 28.3 Å². The Hall–Kier alpha value is 0.620. The third-order valence-electron chi connectivity index (χ3n) is 1.26. The minimum atomic E-state index is 0.658. The molecule has 1 aromatic carbocycles. The van der Waals surface area contributed by atoms with Gasteiger partial charge in [0.1, 0.15) is 4.58 Å². The first-order valence-electron chi connectivity index (χ1n) is 2.89. The van der Waals surface area contributed by atoms with Crippen LogP contribution in [0.4, 0.5) is 0 Å². The highest BCUT2D eigenvalue weighted by atomic mass is 32.2. The first-order chi connectivity index (χ1) is 5.13. The van der Waals surface area contributed by atoms with E-state index in [0.29, 0.717) is 4.58 Å². The van der Waals surface area contributed by atoms with Crippen molar-refractivity contribution in [2.45, 2.75) is 9.79 Å². The predicted octanol–water partition coefficient (Wildman–Crippen LogP) is 2.96. The Morgan fingerprint density at radius 3 is 2.18 bits per heavy atom. The van der Waals surface area contributed by atoms with E-state index in [9.17, 15) is 0 Å². The molecule has 4 heteroatoms. The van der Waals surface area contributed by atoms with Crippen LogP contribution in [-0.4, -0.2) is 0 Å². The van der Waals surface area contributed by atoms with Gasteiger partial charge in [-0.2, -0.15) is 25.3 Å². The molecule has 0 unspecified atom stereocenters. The quantitative estimate of drug-likeness (QED) is 0.513. The zero-order valence-electron chi connectivity index (χ0n) is 5.52.